The van der Waals surface area contributed by atoms with Crippen molar-refractivity contribution in [2.24, 2.45) is 0 Å². The van der Waals surface area contributed by atoms with E-state index in [9.17, 15) is 15.0 Å². The van der Waals surface area contributed by atoms with E-state index in [0.29, 0.717) is 23.7 Å². The molecule has 5 heteroatoms. The number of aromatic hydroxyl groups is 1. The molecule has 0 radical (unpaired) electrons. The number of aryl methyl sites for hydroxylation is 1. The maximum atomic E-state index is 11.8. The third kappa shape index (κ3) is 3.00. The molecule has 22 heavy (non-hydrogen) atoms. The van der Waals surface area contributed by atoms with Crippen LogP contribution in [0.2, 0.25) is 0 Å². The van der Waals surface area contributed by atoms with Gasteiger partial charge in [-0.2, -0.15) is 0 Å². The van der Waals surface area contributed by atoms with Crippen molar-refractivity contribution < 1.29 is 14.6 Å². The fraction of sp³-hybridized carbons (Fsp3) is 0.471. The second-order valence-electron chi connectivity index (χ2n) is 6.06. The Hall–Kier alpha value is -1.85. The van der Waals surface area contributed by atoms with Gasteiger partial charge in [-0.1, -0.05) is 0 Å². The largest absolute Gasteiger partial charge is 0.508 e. The summed E-state index contributed by atoms with van der Waals surface area (Å²) in [6.45, 7) is 2.31. The van der Waals surface area contributed by atoms with E-state index in [1.54, 1.807) is 19.1 Å². The summed E-state index contributed by atoms with van der Waals surface area (Å²) in [5, 5.41) is 23.6. The standard InChI is InChI=1S/C17H21NO4/c1-10-15(20)7-6-14-11(8-16(21)22-17(10)14)9-18-12-2-4-13(19)5-3-12/h6-8,12-13,18-20H,2-5,9H2,1H3. The van der Waals surface area contributed by atoms with Crippen LogP contribution in [0.1, 0.15) is 36.8 Å². The van der Waals surface area contributed by atoms with E-state index in [1.165, 1.54) is 6.07 Å². The van der Waals surface area contributed by atoms with Gasteiger partial charge in [0.2, 0.25) is 0 Å². The highest BCUT2D eigenvalue weighted by molar-refractivity contribution is 5.84. The van der Waals surface area contributed by atoms with Gasteiger partial charge in [-0.25, -0.2) is 4.79 Å². The first-order valence-corrected chi connectivity index (χ1v) is 7.71. The van der Waals surface area contributed by atoms with E-state index in [-0.39, 0.29) is 11.9 Å². The van der Waals surface area contributed by atoms with E-state index in [1.807, 2.05) is 0 Å². The first kappa shape index (κ1) is 15.1. The maximum Gasteiger partial charge on any atom is 0.336 e. The summed E-state index contributed by atoms with van der Waals surface area (Å²) in [5.74, 6) is 0.127. The van der Waals surface area contributed by atoms with Gasteiger partial charge in [-0.05, 0) is 50.3 Å². The second-order valence-corrected chi connectivity index (χ2v) is 6.06. The van der Waals surface area contributed by atoms with Crippen molar-refractivity contribution >= 4 is 11.0 Å². The van der Waals surface area contributed by atoms with E-state index in [2.05, 4.69) is 5.32 Å². The SMILES string of the molecule is Cc1c(O)ccc2c(CNC3CCC(O)CC3)cc(=O)oc12. The number of aliphatic hydroxyl groups excluding tert-OH is 1. The lowest BCUT2D eigenvalue weighted by Crippen LogP contribution is -2.34. The normalized spacial score (nSPS) is 22.1. The van der Waals surface area contributed by atoms with Crippen LogP contribution in [0, 0.1) is 6.92 Å². The van der Waals surface area contributed by atoms with Gasteiger partial charge < -0.3 is 19.9 Å². The lowest BCUT2D eigenvalue weighted by atomic mass is 9.93. The van der Waals surface area contributed by atoms with Gasteiger partial charge in [-0.15, -0.1) is 0 Å². The zero-order valence-electron chi connectivity index (χ0n) is 12.6. The van der Waals surface area contributed by atoms with E-state index in [0.717, 1.165) is 36.6 Å². The van der Waals surface area contributed by atoms with Gasteiger partial charge in [0.15, 0.2) is 0 Å². The van der Waals surface area contributed by atoms with Crippen molar-refractivity contribution in [1.29, 1.82) is 0 Å². The zero-order valence-corrected chi connectivity index (χ0v) is 12.6. The van der Waals surface area contributed by atoms with Crippen LogP contribution in [0.3, 0.4) is 0 Å². The maximum absolute atomic E-state index is 11.8. The molecule has 1 saturated carbocycles. The van der Waals surface area contributed by atoms with Crippen LogP contribution in [0.4, 0.5) is 0 Å². The van der Waals surface area contributed by atoms with E-state index >= 15 is 0 Å². The fourth-order valence-electron chi connectivity index (χ4n) is 3.10. The molecule has 1 aromatic carbocycles. The van der Waals surface area contributed by atoms with Crippen LogP contribution in [0.15, 0.2) is 27.4 Å². The Bertz CT molecular complexity index is 729. The van der Waals surface area contributed by atoms with Crippen LogP contribution >= 0.6 is 0 Å². The molecule has 5 nitrogen and oxygen atoms in total. The van der Waals surface area contributed by atoms with Gasteiger partial charge in [0.05, 0.1) is 6.10 Å². The van der Waals surface area contributed by atoms with Crippen molar-refractivity contribution in [2.45, 2.75) is 51.3 Å². The zero-order chi connectivity index (χ0) is 15.7. The number of hydrogen-bond acceptors (Lipinski definition) is 5. The highest BCUT2D eigenvalue weighted by Crippen LogP contribution is 2.27. The lowest BCUT2D eigenvalue weighted by Gasteiger charge is -2.26. The fourth-order valence-corrected chi connectivity index (χ4v) is 3.10. The summed E-state index contributed by atoms with van der Waals surface area (Å²) in [7, 11) is 0. The highest BCUT2D eigenvalue weighted by atomic mass is 16.4. The van der Waals surface area contributed by atoms with Crippen molar-refractivity contribution in [3.63, 3.8) is 0 Å². The molecule has 0 saturated heterocycles. The summed E-state index contributed by atoms with van der Waals surface area (Å²) in [4.78, 5) is 11.8. The molecule has 0 spiro atoms. The average molecular weight is 303 g/mol. The van der Waals surface area contributed by atoms with Crippen molar-refractivity contribution in [2.75, 3.05) is 0 Å². The molecule has 118 valence electrons. The van der Waals surface area contributed by atoms with Crippen LogP contribution < -0.4 is 10.9 Å². The van der Waals surface area contributed by atoms with Crippen LogP contribution in [0.5, 0.6) is 5.75 Å². The molecule has 0 unspecified atom stereocenters. The minimum absolute atomic E-state index is 0.127. The van der Waals surface area contributed by atoms with Crippen LogP contribution in [-0.2, 0) is 6.54 Å². The highest BCUT2D eigenvalue weighted by Gasteiger charge is 2.19. The molecule has 0 bridgehead atoms. The lowest BCUT2D eigenvalue weighted by molar-refractivity contribution is 0.116. The summed E-state index contributed by atoms with van der Waals surface area (Å²) in [5.41, 5.74) is 1.50. The minimum Gasteiger partial charge on any atom is -0.508 e. The molecule has 2 aromatic rings. The Morgan fingerprint density at radius 3 is 2.73 bits per heavy atom. The van der Waals surface area contributed by atoms with Gasteiger partial charge in [-0.3, -0.25) is 0 Å². The monoisotopic (exact) mass is 303 g/mol. The minimum atomic E-state index is -0.405. The van der Waals surface area contributed by atoms with Crippen molar-refractivity contribution in [3.05, 3.63) is 39.7 Å². The molecular formula is C17H21NO4. The number of fused-ring (bicyclic) bond motifs is 1. The average Bonchev–Trinajstić information content (AvgIpc) is 2.50. The Kier molecular flexibility index (Phi) is 4.18. The molecule has 0 atom stereocenters. The van der Waals surface area contributed by atoms with Crippen LogP contribution in [0.25, 0.3) is 11.0 Å². The predicted molar refractivity (Wildman–Crippen MR) is 84.0 cm³/mol. The van der Waals surface area contributed by atoms with Gasteiger partial charge in [0.1, 0.15) is 11.3 Å². The number of phenolic OH excluding ortho intramolecular Hbond substituents is 1. The first-order chi connectivity index (χ1) is 10.5. The van der Waals surface area contributed by atoms with E-state index in [4.69, 9.17) is 4.42 Å². The topological polar surface area (TPSA) is 82.7 Å². The molecule has 1 aliphatic carbocycles. The molecule has 1 fully saturated rings. The molecule has 0 amide bonds. The molecule has 3 N–H and O–H groups in total. The number of nitrogens with one attached hydrogen (secondary N) is 1. The first-order valence-electron chi connectivity index (χ1n) is 7.71. The quantitative estimate of drug-likeness (QED) is 0.757. The smallest absolute Gasteiger partial charge is 0.336 e. The Labute approximate surface area is 128 Å². The number of phenols is 1. The number of benzene rings is 1. The summed E-state index contributed by atoms with van der Waals surface area (Å²) in [6, 6.07) is 5.27. The van der Waals surface area contributed by atoms with Crippen molar-refractivity contribution in [3.8, 4) is 5.75 Å². The van der Waals surface area contributed by atoms with Gasteiger partial charge in [0, 0.05) is 29.6 Å². The molecule has 3 rings (SSSR count). The Morgan fingerprint density at radius 1 is 1.27 bits per heavy atom. The van der Waals surface area contributed by atoms with Gasteiger partial charge in [0.25, 0.3) is 0 Å². The van der Waals surface area contributed by atoms with Gasteiger partial charge >= 0.3 is 5.63 Å². The third-order valence-electron chi connectivity index (χ3n) is 4.50. The number of rotatable bonds is 3. The molecule has 1 heterocycles. The van der Waals surface area contributed by atoms with Crippen molar-refractivity contribution in [1.82, 2.24) is 5.32 Å². The molecule has 1 aromatic heterocycles. The predicted octanol–water partition coefficient (Wildman–Crippen LogP) is 2.20. The second kappa shape index (κ2) is 6.10. The van der Waals surface area contributed by atoms with E-state index < -0.39 is 5.63 Å². The summed E-state index contributed by atoms with van der Waals surface area (Å²) in [6.07, 6.45) is 3.36. The Morgan fingerprint density at radius 2 is 2.00 bits per heavy atom. The van der Waals surface area contributed by atoms with Crippen LogP contribution in [-0.4, -0.2) is 22.4 Å². The Balaban J connectivity index is 1.84. The summed E-state index contributed by atoms with van der Waals surface area (Å²) < 4.78 is 5.24. The third-order valence-corrected chi connectivity index (χ3v) is 4.50. The molecule has 0 aliphatic heterocycles. The summed E-state index contributed by atoms with van der Waals surface area (Å²) >= 11 is 0. The molecule has 1 aliphatic rings. The molecular weight excluding hydrogens is 282 g/mol. The number of hydrogen-bond donors (Lipinski definition) is 3. The number of aliphatic hydroxyl groups is 1.